The summed E-state index contributed by atoms with van der Waals surface area (Å²) in [6.07, 6.45) is 6.25. The maximum absolute atomic E-state index is 5.53. The Balaban J connectivity index is 2.45. The maximum atomic E-state index is 5.53. The molecule has 0 fully saturated rings. The van der Waals surface area contributed by atoms with Gasteiger partial charge in [-0.15, -0.1) is 0 Å². The zero-order valence-electron chi connectivity index (χ0n) is 11.7. The van der Waals surface area contributed by atoms with Crippen molar-refractivity contribution in [2.45, 2.75) is 53.7 Å². The smallest absolute Gasteiger partial charge is 0.171 e. The SMILES string of the molecule is CC(C)(C)C1=CC2N=COC2C=C1C(C)(C)C. The molecule has 0 saturated heterocycles. The van der Waals surface area contributed by atoms with E-state index in [1.807, 2.05) is 0 Å². The summed E-state index contributed by atoms with van der Waals surface area (Å²) in [5.41, 5.74) is 3.11. The van der Waals surface area contributed by atoms with Crippen molar-refractivity contribution in [3.05, 3.63) is 23.3 Å². The molecule has 2 unspecified atom stereocenters. The van der Waals surface area contributed by atoms with Gasteiger partial charge in [-0.2, -0.15) is 0 Å². The number of ether oxygens (including phenoxy) is 1. The van der Waals surface area contributed by atoms with Crippen molar-refractivity contribution >= 4 is 6.40 Å². The van der Waals surface area contributed by atoms with Crippen LogP contribution in [0.3, 0.4) is 0 Å². The lowest BCUT2D eigenvalue weighted by molar-refractivity contribution is 0.256. The number of rotatable bonds is 0. The number of allylic oxidation sites excluding steroid dienone is 2. The van der Waals surface area contributed by atoms with Gasteiger partial charge in [0.05, 0.1) is 0 Å². The molecule has 2 rings (SSSR count). The normalized spacial score (nSPS) is 28.4. The van der Waals surface area contributed by atoms with Crippen LogP contribution in [-0.4, -0.2) is 18.5 Å². The van der Waals surface area contributed by atoms with E-state index in [4.69, 9.17) is 4.74 Å². The lowest BCUT2D eigenvalue weighted by Gasteiger charge is -2.37. The van der Waals surface area contributed by atoms with Gasteiger partial charge in [-0.3, -0.25) is 0 Å². The first kappa shape index (κ1) is 12.4. The molecule has 0 aromatic heterocycles. The van der Waals surface area contributed by atoms with Crippen LogP contribution in [0.15, 0.2) is 28.3 Å². The van der Waals surface area contributed by atoms with Crippen LogP contribution >= 0.6 is 0 Å². The van der Waals surface area contributed by atoms with Gasteiger partial charge in [0, 0.05) is 0 Å². The van der Waals surface area contributed by atoms with Crippen molar-refractivity contribution < 1.29 is 4.74 Å². The van der Waals surface area contributed by atoms with E-state index in [1.165, 1.54) is 11.1 Å². The van der Waals surface area contributed by atoms with Gasteiger partial charge >= 0.3 is 0 Å². The van der Waals surface area contributed by atoms with Crippen LogP contribution in [0.1, 0.15) is 41.5 Å². The molecule has 2 atom stereocenters. The third-order valence-electron chi connectivity index (χ3n) is 3.36. The van der Waals surface area contributed by atoms with Crippen molar-refractivity contribution in [2.75, 3.05) is 0 Å². The van der Waals surface area contributed by atoms with Crippen LogP contribution in [0.25, 0.3) is 0 Å². The number of hydrogen-bond acceptors (Lipinski definition) is 2. The fourth-order valence-electron chi connectivity index (χ4n) is 2.44. The first-order chi connectivity index (χ1) is 7.69. The third kappa shape index (κ3) is 2.31. The number of fused-ring (bicyclic) bond motifs is 1. The highest BCUT2D eigenvalue weighted by atomic mass is 16.5. The number of aliphatic imine (C=N–C) groups is 1. The molecule has 0 saturated carbocycles. The monoisotopic (exact) mass is 233 g/mol. The highest BCUT2D eigenvalue weighted by molar-refractivity contribution is 5.55. The minimum Gasteiger partial charge on any atom is -0.474 e. The average molecular weight is 233 g/mol. The first-order valence-electron chi connectivity index (χ1n) is 6.32. The van der Waals surface area contributed by atoms with Gasteiger partial charge in [-0.1, -0.05) is 47.6 Å². The summed E-state index contributed by atoms with van der Waals surface area (Å²) in [6, 6.07) is 0.176. The molecule has 1 heterocycles. The van der Waals surface area contributed by atoms with Crippen LogP contribution < -0.4 is 0 Å². The standard InChI is InChI=1S/C15H23NO/c1-14(2,3)10-7-12-13(17-9-16-12)8-11(10)15(4,5)6/h7-9,12-13H,1-6H3. The largest absolute Gasteiger partial charge is 0.474 e. The topological polar surface area (TPSA) is 21.6 Å². The lowest BCUT2D eigenvalue weighted by atomic mass is 9.69. The van der Waals surface area contributed by atoms with E-state index >= 15 is 0 Å². The molecule has 2 heteroatoms. The second-order valence-corrected chi connectivity index (χ2v) is 7.01. The zero-order valence-corrected chi connectivity index (χ0v) is 11.7. The van der Waals surface area contributed by atoms with E-state index in [9.17, 15) is 0 Å². The Morgan fingerprint density at radius 3 is 2.00 bits per heavy atom. The van der Waals surface area contributed by atoms with Gasteiger partial charge in [0.1, 0.15) is 12.1 Å². The minimum absolute atomic E-state index is 0.107. The summed E-state index contributed by atoms with van der Waals surface area (Å²) in [4.78, 5) is 4.37. The Hall–Kier alpha value is -1.05. The van der Waals surface area contributed by atoms with Gasteiger partial charge < -0.3 is 4.74 Å². The van der Waals surface area contributed by atoms with Gasteiger partial charge in [0.15, 0.2) is 6.40 Å². The Morgan fingerprint density at radius 1 is 0.941 bits per heavy atom. The number of hydrogen-bond donors (Lipinski definition) is 0. The minimum atomic E-state index is 0.107. The van der Waals surface area contributed by atoms with Crippen molar-refractivity contribution in [2.24, 2.45) is 15.8 Å². The molecule has 17 heavy (non-hydrogen) atoms. The number of nitrogens with zero attached hydrogens (tertiary/aromatic N) is 1. The second-order valence-electron chi connectivity index (χ2n) is 7.01. The maximum Gasteiger partial charge on any atom is 0.171 e. The van der Waals surface area contributed by atoms with Crippen LogP contribution in [0.2, 0.25) is 0 Å². The van der Waals surface area contributed by atoms with Crippen LogP contribution in [0.5, 0.6) is 0 Å². The Bertz CT molecular complexity index is 402. The van der Waals surface area contributed by atoms with E-state index in [2.05, 4.69) is 58.7 Å². The predicted octanol–water partition coefficient (Wildman–Crippen LogP) is 3.74. The van der Waals surface area contributed by atoms with E-state index in [-0.39, 0.29) is 23.0 Å². The molecule has 2 nitrogen and oxygen atoms in total. The van der Waals surface area contributed by atoms with Crippen molar-refractivity contribution in [3.8, 4) is 0 Å². The molecule has 94 valence electrons. The van der Waals surface area contributed by atoms with Gasteiger partial charge in [0.25, 0.3) is 0 Å². The highest BCUT2D eigenvalue weighted by Crippen LogP contribution is 2.44. The molecule has 0 aromatic rings. The Kier molecular flexibility index (Phi) is 2.72. The van der Waals surface area contributed by atoms with Crippen molar-refractivity contribution in [1.29, 1.82) is 0 Å². The third-order valence-corrected chi connectivity index (χ3v) is 3.36. The van der Waals surface area contributed by atoms with Gasteiger partial charge in [-0.05, 0) is 28.1 Å². The quantitative estimate of drug-likeness (QED) is 0.624. The molecule has 1 aliphatic heterocycles. The van der Waals surface area contributed by atoms with Crippen molar-refractivity contribution in [1.82, 2.24) is 0 Å². The predicted molar refractivity (Wildman–Crippen MR) is 72.2 cm³/mol. The molecule has 0 bridgehead atoms. The molecule has 0 spiro atoms. The van der Waals surface area contributed by atoms with E-state index in [1.54, 1.807) is 6.40 Å². The molecule has 0 N–H and O–H groups in total. The van der Waals surface area contributed by atoms with Crippen LogP contribution in [0, 0.1) is 10.8 Å². The summed E-state index contributed by atoms with van der Waals surface area (Å²) >= 11 is 0. The van der Waals surface area contributed by atoms with Crippen LogP contribution in [0.4, 0.5) is 0 Å². The Labute approximate surface area is 104 Å². The average Bonchev–Trinajstić information content (AvgIpc) is 2.59. The molecular formula is C15H23NO. The van der Waals surface area contributed by atoms with E-state index in [0.29, 0.717) is 0 Å². The van der Waals surface area contributed by atoms with E-state index < -0.39 is 0 Å². The summed E-state index contributed by atoms with van der Waals surface area (Å²) < 4.78 is 5.53. The fourth-order valence-corrected chi connectivity index (χ4v) is 2.44. The fraction of sp³-hybridized carbons (Fsp3) is 0.667. The molecular weight excluding hydrogens is 210 g/mol. The Morgan fingerprint density at radius 2 is 1.47 bits per heavy atom. The summed E-state index contributed by atoms with van der Waals surface area (Å²) in [5, 5.41) is 0. The van der Waals surface area contributed by atoms with Gasteiger partial charge in [-0.25, -0.2) is 4.99 Å². The highest BCUT2D eigenvalue weighted by Gasteiger charge is 2.36. The molecule has 0 aromatic carbocycles. The molecule has 1 aliphatic carbocycles. The molecule has 2 aliphatic rings. The van der Waals surface area contributed by atoms with Crippen molar-refractivity contribution in [3.63, 3.8) is 0 Å². The first-order valence-corrected chi connectivity index (χ1v) is 6.32. The molecule has 0 amide bonds. The zero-order chi connectivity index (χ0) is 12.8. The van der Waals surface area contributed by atoms with Crippen LogP contribution in [-0.2, 0) is 4.74 Å². The molecule has 0 radical (unpaired) electrons. The van der Waals surface area contributed by atoms with Gasteiger partial charge in [0.2, 0.25) is 0 Å². The summed E-state index contributed by atoms with van der Waals surface area (Å²) in [6.45, 7) is 13.6. The van der Waals surface area contributed by atoms with E-state index in [0.717, 1.165) is 0 Å². The lowest BCUT2D eigenvalue weighted by Crippen LogP contribution is -2.30. The summed E-state index contributed by atoms with van der Waals surface area (Å²) in [5.74, 6) is 0. The second kappa shape index (κ2) is 3.72. The summed E-state index contributed by atoms with van der Waals surface area (Å²) in [7, 11) is 0.